The lowest BCUT2D eigenvalue weighted by molar-refractivity contribution is 1.20. The fraction of sp³-hybridized carbons (Fsp3) is 0.250. The summed E-state index contributed by atoms with van der Waals surface area (Å²) in [4.78, 5) is 0. The Morgan fingerprint density at radius 3 is 2.59 bits per heavy atom. The lowest BCUT2D eigenvalue weighted by Gasteiger charge is -2.12. The van der Waals surface area contributed by atoms with Crippen LogP contribution in [0.15, 0.2) is 53.1 Å². The zero-order valence-corrected chi connectivity index (χ0v) is 10.7. The summed E-state index contributed by atoms with van der Waals surface area (Å²) in [5, 5.41) is 0. The monoisotopic (exact) mass is 225 g/mol. The molecule has 0 bridgehead atoms. The zero-order valence-electron chi connectivity index (χ0n) is 10.7. The molecule has 1 aliphatic carbocycles. The third-order valence-corrected chi connectivity index (χ3v) is 3.17. The van der Waals surface area contributed by atoms with Crippen molar-refractivity contribution in [2.24, 2.45) is 0 Å². The highest BCUT2D eigenvalue weighted by Crippen LogP contribution is 2.32. The van der Waals surface area contributed by atoms with Crippen molar-refractivity contribution in [3.63, 3.8) is 0 Å². The quantitative estimate of drug-likeness (QED) is 0.707. The summed E-state index contributed by atoms with van der Waals surface area (Å²) in [7, 11) is 0. The second-order valence-corrected chi connectivity index (χ2v) is 4.76. The minimum atomic E-state index is 0.824. The summed E-state index contributed by atoms with van der Waals surface area (Å²) in [5.41, 5.74) is 13.3. The van der Waals surface area contributed by atoms with E-state index in [2.05, 4.69) is 45.1 Å². The molecule has 0 aliphatic heterocycles. The minimum absolute atomic E-state index is 0.824. The van der Waals surface area contributed by atoms with E-state index in [0.29, 0.717) is 0 Å². The molecule has 2 N–H and O–H groups in total. The number of hydrogen-bond acceptors (Lipinski definition) is 1. The van der Waals surface area contributed by atoms with Gasteiger partial charge in [0.05, 0.1) is 0 Å². The van der Waals surface area contributed by atoms with Crippen LogP contribution in [-0.4, -0.2) is 0 Å². The summed E-state index contributed by atoms with van der Waals surface area (Å²) < 4.78 is 0. The molecule has 0 spiro atoms. The Balaban J connectivity index is 2.54. The Morgan fingerprint density at radius 1 is 1.12 bits per heavy atom. The summed E-state index contributed by atoms with van der Waals surface area (Å²) in [6.45, 7) is 6.52. The van der Waals surface area contributed by atoms with Crippen molar-refractivity contribution >= 4 is 11.3 Å². The highest BCUT2D eigenvalue weighted by molar-refractivity contribution is 5.83. The van der Waals surface area contributed by atoms with E-state index in [1.807, 2.05) is 12.1 Å². The standard InChI is InChI=1S/C16H19N/c1-11-7-8-12(2)16(13(3)9-11)14-5-4-6-15(17)10-14/h4-7,9-10H,8,17H2,1-3H3. The van der Waals surface area contributed by atoms with E-state index in [1.54, 1.807) is 0 Å². The summed E-state index contributed by atoms with van der Waals surface area (Å²) in [6.07, 6.45) is 5.54. The van der Waals surface area contributed by atoms with Gasteiger partial charge >= 0.3 is 0 Å². The van der Waals surface area contributed by atoms with E-state index in [-0.39, 0.29) is 0 Å². The molecule has 0 fully saturated rings. The smallest absolute Gasteiger partial charge is 0.0320 e. The van der Waals surface area contributed by atoms with E-state index >= 15 is 0 Å². The Morgan fingerprint density at radius 2 is 1.88 bits per heavy atom. The van der Waals surface area contributed by atoms with Crippen LogP contribution in [0, 0.1) is 0 Å². The topological polar surface area (TPSA) is 26.0 Å². The van der Waals surface area contributed by atoms with Gasteiger partial charge in [0.15, 0.2) is 0 Å². The molecule has 0 amide bonds. The number of nitrogens with two attached hydrogens (primary N) is 1. The zero-order chi connectivity index (χ0) is 12.4. The van der Waals surface area contributed by atoms with Crippen molar-refractivity contribution in [2.45, 2.75) is 27.2 Å². The third-order valence-electron chi connectivity index (χ3n) is 3.17. The van der Waals surface area contributed by atoms with E-state index in [0.717, 1.165) is 12.1 Å². The highest BCUT2D eigenvalue weighted by Gasteiger charge is 2.10. The van der Waals surface area contributed by atoms with Gasteiger partial charge in [0.25, 0.3) is 0 Å². The Hall–Kier alpha value is -1.76. The molecule has 0 radical (unpaired) electrons. The van der Waals surface area contributed by atoms with Gasteiger partial charge < -0.3 is 5.73 Å². The van der Waals surface area contributed by atoms with Gasteiger partial charge in [-0.1, -0.05) is 35.4 Å². The van der Waals surface area contributed by atoms with Gasteiger partial charge in [0.1, 0.15) is 0 Å². The van der Waals surface area contributed by atoms with Gasteiger partial charge in [0.2, 0.25) is 0 Å². The van der Waals surface area contributed by atoms with Gasteiger partial charge in [-0.05, 0) is 56.0 Å². The van der Waals surface area contributed by atoms with Crippen LogP contribution in [0.2, 0.25) is 0 Å². The molecule has 0 saturated heterocycles. The molecule has 0 aromatic heterocycles. The van der Waals surface area contributed by atoms with Crippen molar-refractivity contribution in [2.75, 3.05) is 5.73 Å². The van der Waals surface area contributed by atoms with Crippen LogP contribution >= 0.6 is 0 Å². The van der Waals surface area contributed by atoms with Gasteiger partial charge in [-0.3, -0.25) is 0 Å². The molecule has 1 aromatic rings. The predicted octanol–water partition coefficient (Wildman–Crippen LogP) is 4.34. The van der Waals surface area contributed by atoms with Crippen molar-refractivity contribution < 1.29 is 0 Å². The fourth-order valence-electron chi connectivity index (χ4n) is 2.39. The van der Waals surface area contributed by atoms with E-state index in [1.165, 1.54) is 27.9 Å². The van der Waals surface area contributed by atoms with Gasteiger partial charge in [-0.25, -0.2) is 0 Å². The Labute approximate surface area is 103 Å². The molecule has 0 heterocycles. The van der Waals surface area contributed by atoms with Crippen LogP contribution in [0.1, 0.15) is 32.8 Å². The maximum Gasteiger partial charge on any atom is 0.0320 e. The molecule has 1 nitrogen and oxygen atoms in total. The largest absolute Gasteiger partial charge is 0.399 e. The van der Waals surface area contributed by atoms with Crippen molar-refractivity contribution in [1.29, 1.82) is 0 Å². The molecule has 0 unspecified atom stereocenters. The molecular weight excluding hydrogens is 206 g/mol. The lowest BCUT2D eigenvalue weighted by atomic mass is 9.93. The van der Waals surface area contributed by atoms with E-state index in [4.69, 9.17) is 5.73 Å². The average Bonchev–Trinajstić information content (AvgIpc) is 2.38. The van der Waals surface area contributed by atoms with Crippen molar-refractivity contribution in [1.82, 2.24) is 0 Å². The maximum atomic E-state index is 5.87. The Bertz CT molecular complexity index is 530. The third kappa shape index (κ3) is 2.50. The van der Waals surface area contributed by atoms with Gasteiger partial charge in [-0.2, -0.15) is 0 Å². The van der Waals surface area contributed by atoms with Crippen LogP contribution < -0.4 is 5.73 Å². The molecule has 1 heteroatoms. The van der Waals surface area contributed by atoms with Crippen LogP contribution in [0.4, 0.5) is 5.69 Å². The molecule has 1 aliphatic rings. The number of hydrogen-bond donors (Lipinski definition) is 1. The van der Waals surface area contributed by atoms with E-state index < -0.39 is 0 Å². The van der Waals surface area contributed by atoms with Crippen LogP contribution in [-0.2, 0) is 0 Å². The normalized spacial score (nSPS) is 16.4. The van der Waals surface area contributed by atoms with Gasteiger partial charge in [0, 0.05) is 5.69 Å². The number of allylic oxidation sites excluding steroid dienone is 6. The molecule has 1 aromatic carbocycles. The second-order valence-electron chi connectivity index (χ2n) is 4.76. The average molecular weight is 225 g/mol. The molecule has 0 saturated carbocycles. The minimum Gasteiger partial charge on any atom is -0.399 e. The molecule has 0 atom stereocenters. The van der Waals surface area contributed by atoms with Crippen LogP contribution in [0.25, 0.3) is 5.57 Å². The van der Waals surface area contributed by atoms with Crippen molar-refractivity contribution in [3.8, 4) is 0 Å². The summed E-state index contributed by atoms with van der Waals surface area (Å²) >= 11 is 0. The predicted molar refractivity (Wildman–Crippen MR) is 75.6 cm³/mol. The molecule has 2 rings (SSSR count). The number of anilines is 1. The van der Waals surface area contributed by atoms with Crippen LogP contribution in [0.5, 0.6) is 0 Å². The van der Waals surface area contributed by atoms with Crippen LogP contribution in [0.3, 0.4) is 0 Å². The second kappa shape index (κ2) is 4.62. The van der Waals surface area contributed by atoms with Gasteiger partial charge in [-0.15, -0.1) is 0 Å². The first-order valence-electron chi connectivity index (χ1n) is 5.99. The SMILES string of the molecule is CC1=CCC(C)=C(c2cccc(N)c2)C(C)=C1. The first-order chi connectivity index (χ1) is 8.08. The Kier molecular flexibility index (Phi) is 3.19. The number of nitrogen functional groups attached to an aromatic ring is 1. The molecule has 88 valence electrons. The maximum absolute atomic E-state index is 5.87. The summed E-state index contributed by atoms with van der Waals surface area (Å²) in [6, 6.07) is 8.13. The van der Waals surface area contributed by atoms with Crippen molar-refractivity contribution in [3.05, 3.63) is 58.7 Å². The van der Waals surface area contributed by atoms with E-state index in [9.17, 15) is 0 Å². The first-order valence-corrected chi connectivity index (χ1v) is 5.99. The number of benzene rings is 1. The molecule has 17 heavy (non-hydrogen) atoms. The number of rotatable bonds is 1. The fourth-order valence-corrected chi connectivity index (χ4v) is 2.39. The molecular formula is C16H19N. The lowest BCUT2D eigenvalue weighted by Crippen LogP contribution is -1.92. The first kappa shape index (κ1) is 11.7. The highest BCUT2D eigenvalue weighted by atomic mass is 14.5. The summed E-state index contributed by atoms with van der Waals surface area (Å²) in [5.74, 6) is 0.